The predicted molar refractivity (Wildman–Crippen MR) is 84.9 cm³/mol. The van der Waals surface area contributed by atoms with E-state index in [-0.39, 0.29) is 0 Å². The molecule has 1 aromatic heterocycles. The fraction of sp³-hybridized carbons (Fsp3) is 0.471. The van der Waals surface area contributed by atoms with Gasteiger partial charge < -0.3 is 14.7 Å². The van der Waals surface area contributed by atoms with Gasteiger partial charge >= 0.3 is 0 Å². The van der Waals surface area contributed by atoms with Crippen molar-refractivity contribution in [2.24, 2.45) is 0 Å². The first kappa shape index (κ1) is 15.1. The lowest BCUT2D eigenvalue weighted by atomic mass is 9.91. The molecule has 118 valence electrons. The fourth-order valence-corrected chi connectivity index (χ4v) is 2.99. The minimum absolute atomic E-state index is 0.339. The molecule has 1 saturated heterocycles. The molecule has 1 atom stereocenters. The quantitative estimate of drug-likeness (QED) is 0.857. The summed E-state index contributed by atoms with van der Waals surface area (Å²) in [5, 5.41) is 17.0. The summed E-state index contributed by atoms with van der Waals surface area (Å²) in [5.41, 5.74) is 1.30. The Bertz CT molecular complexity index is 536. The minimum Gasteiger partial charge on any atom is -0.491 e. The van der Waals surface area contributed by atoms with Crippen LogP contribution in [0.5, 0.6) is 5.75 Å². The first-order valence-corrected chi connectivity index (χ1v) is 7.88. The maximum Gasteiger partial charge on any atom is 0.119 e. The fourth-order valence-electron chi connectivity index (χ4n) is 2.99. The number of piperidine rings is 1. The maximum atomic E-state index is 10.1. The minimum atomic E-state index is -0.453. The van der Waals surface area contributed by atoms with Gasteiger partial charge in [0.1, 0.15) is 18.5 Å². The molecule has 2 heterocycles. The smallest absolute Gasteiger partial charge is 0.119 e. The number of para-hydroxylation sites is 1. The number of aliphatic hydroxyl groups excluding tert-OH is 1. The molecule has 0 saturated carbocycles. The number of hydrogen-bond acceptors (Lipinski definition) is 4. The number of nitrogens with one attached hydrogen (secondary N) is 1. The van der Waals surface area contributed by atoms with E-state index in [1.807, 2.05) is 42.7 Å². The second kappa shape index (κ2) is 7.42. The summed E-state index contributed by atoms with van der Waals surface area (Å²) in [6.07, 6.45) is 5.69. The van der Waals surface area contributed by atoms with E-state index in [1.54, 1.807) is 0 Å². The van der Waals surface area contributed by atoms with Crippen LogP contribution in [0.3, 0.4) is 0 Å². The highest BCUT2D eigenvalue weighted by molar-refractivity contribution is 5.20. The third-order valence-electron chi connectivity index (χ3n) is 4.23. The number of aromatic amines is 1. The van der Waals surface area contributed by atoms with E-state index in [0.29, 0.717) is 19.1 Å². The van der Waals surface area contributed by atoms with Crippen LogP contribution in [0, 0.1) is 0 Å². The van der Waals surface area contributed by atoms with Crippen LogP contribution in [-0.4, -0.2) is 52.5 Å². The zero-order chi connectivity index (χ0) is 15.2. The van der Waals surface area contributed by atoms with E-state index in [0.717, 1.165) is 31.7 Å². The number of H-pyrrole nitrogens is 1. The summed E-state index contributed by atoms with van der Waals surface area (Å²) in [6.45, 7) is 3.03. The molecule has 0 unspecified atom stereocenters. The van der Waals surface area contributed by atoms with Crippen LogP contribution in [0.25, 0.3) is 0 Å². The molecule has 3 rings (SSSR count). The van der Waals surface area contributed by atoms with Gasteiger partial charge in [0.05, 0.1) is 6.20 Å². The number of rotatable bonds is 6. The Kier molecular flexibility index (Phi) is 5.08. The molecule has 0 radical (unpaired) electrons. The van der Waals surface area contributed by atoms with Crippen molar-refractivity contribution in [3.05, 3.63) is 48.3 Å². The van der Waals surface area contributed by atoms with Crippen molar-refractivity contribution in [2.45, 2.75) is 24.9 Å². The van der Waals surface area contributed by atoms with Crippen molar-refractivity contribution < 1.29 is 9.84 Å². The molecular weight excluding hydrogens is 278 g/mol. The summed E-state index contributed by atoms with van der Waals surface area (Å²) in [5.74, 6) is 1.40. The SMILES string of the molecule is O[C@@H](COc1ccccc1)CN1CCC(c2cn[nH]c2)CC1. The van der Waals surface area contributed by atoms with Crippen LogP contribution in [-0.2, 0) is 0 Å². The maximum absolute atomic E-state index is 10.1. The van der Waals surface area contributed by atoms with Crippen LogP contribution in [0.4, 0.5) is 0 Å². The Morgan fingerprint density at radius 1 is 1.27 bits per heavy atom. The molecule has 1 aromatic carbocycles. The number of aliphatic hydroxyl groups is 1. The van der Waals surface area contributed by atoms with Gasteiger partial charge in [0.15, 0.2) is 0 Å². The predicted octanol–water partition coefficient (Wildman–Crippen LogP) is 2.03. The van der Waals surface area contributed by atoms with E-state index < -0.39 is 6.10 Å². The van der Waals surface area contributed by atoms with Gasteiger partial charge in [-0.1, -0.05) is 18.2 Å². The number of benzene rings is 1. The Morgan fingerprint density at radius 3 is 2.73 bits per heavy atom. The molecule has 1 aliphatic rings. The Hall–Kier alpha value is -1.85. The molecule has 0 bridgehead atoms. The van der Waals surface area contributed by atoms with Gasteiger partial charge in [0.25, 0.3) is 0 Å². The molecule has 22 heavy (non-hydrogen) atoms. The van der Waals surface area contributed by atoms with Crippen LogP contribution >= 0.6 is 0 Å². The average molecular weight is 301 g/mol. The Balaban J connectivity index is 1.39. The molecule has 5 nitrogen and oxygen atoms in total. The van der Waals surface area contributed by atoms with Crippen LogP contribution in [0.15, 0.2) is 42.7 Å². The summed E-state index contributed by atoms with van der Waals surface area (Å²) >= 11 is 0. The molecule has 1 fully saturated rings. The normalized spacial score (nSPS) is 18.2. The van der Waals surface area contributed by atoms with Gasteiger partial charge in [-0.05, 0) is 49.5 Å². The second-order valence-electron chi connectivity index (χ2n) is 5.88. The third kappa shape index (κ3) is 4.08. The molecule has 2 N–H and O–H groups in total. The standard InChI is InChI=1S/C17H23N3O2/c21-16(13-22-17-4-2-1-3-5-17)12-20-8-6-14(7-9-20)15-10-18-19-11-15/h1-5,10-11,14,16,21H,6-9,12-13H2,(H,18,19)/t16-/m1/s1. The van der Waals surface area contributed by atoms with Crippen LogP contribution < -0.4 is 4.74 Å². The average Bonchev–Trinajstić information content (AvgIpc) is 3.09. The van der Waals surface area contributed by atoms with E-state index in [2.05, 4.69) is 15.1 Å². The van der Waals surface area contributed by atoms with E-state index in [9.17, 15) is 5.11 Å². The van der Waals surface area contributed by atoms with E-state index in [4.69, 9.17) is 4.74 Å². The lowest BCUT2D eigenvalue weighted by Gasteiger charge is -2.32. The van der Waals surface area contributed by atoms with E-state index in [1.165, 1.54) is 5.56 Å². The Morgan fingerprint density at radius 2 is 2.05 bits per heavy atom. The van der Waals surface area contributed by atoms with Crippen molar-refractivity contribution >= 4 is 0 Å². The highest BCUT2D eigenvalue weighted by atomic mass is 16.5. The second-order valence-corrected chi connectivity index (χ2v) is 5.88. The van der Waals surface area contributed by atoms with Gasteiger partial charge in [-0.25, -0.2) is 0 Å². The third-order valence-corrected chi connectivity index (χ3v) is 4.23. The van der Waals surface area contributed by atoms with Gasteiger partial charge in [-0.3, -0.25) is 5.10 Å². The summed E-state index contributed by atoms with van der Waals surface area (Å²) in [6, 6.07) is 9.63. The first-order valence-electron chi connectivity index (χ1n) is 7.88. The zero-order valence-electron chi connectivity index (χ0n) is 12.7. The largest absolute Gasteiger partial charge is 0.491 e. The summed E-state index contributed by atoms with van der Waals surface area (Å²) < 4.78 is 5.60. The molecule has 0 amide bonds. The monoisotopic (exact) mass is 301 g/mol. The highest BCUT2D eigenvalue weighted by Gasteiger charge is 2.22. The molecule has 1 aliphatic heterocycles. The topological polar surface area (TPSA) is 61.4 Å². The molecule has 2 aromatic rings. The lowest BCUT2D eigenvalue weighted by Crippen LogP contribution is -2.40. The molecule has 5 heteroatoms. The number of hydrogen-bond donors (Lipinski definition) is 2. The van der Waals surface area contributed by atoms with Crippen LogP contribution in [0.2, 0.25) is 0 Å². The first-order chi connectivity index (χ1) is 10.8. The zero-order valence-corrected chi connectivity index (χ0v) is 12.7. The van der Waals surface area contributed by atoms with Gasteiger partial charge in [0.2, 0.25) is 0 Å². The summed E-state index contributed by atoms with van der Waals surface area (Å²) in [4.78, 5) is 2.32. The van der Waals surface area contributed by atoms with Gasteiger partial charge in [0, 0.05) is 12.7 Å². The van der Waals surface area contributed by atoms with Gasteiger partial charge in [-0.2, -0.15) is 5.10 Å². The number of β-amino-alcohol motifs (C(OH)–C–C–N with tert-alkyl or cyclic N) is 1. The van der Waals surface area contributed by atoms with E-state index >= 15 is 0 Å². The van der Waals surface area contributed by atoms with Crippen LogP contribution in [0.1, 0.15) is 24.3 Å². The highest BCUT2D eigenvalue weighted by Crippen LogP contribution is 2.27. The Labute approximate surface area is 130 Å². The van der Waals surface area contributed by atoms with Crippen molar-refractivity contribution in [1.29, 1.82) is 0 Å². The molecule has 0 aliphatic carbocycles. The molecular formula is C17H23N3O2. The summed E-state index contributed by atoms with van der Waals surface area (Å²) in [7, 11) is 0. The number of aromatic nitrogens is 2. The lowest BCUT2D eigenvalue weighted by molar-refractivity contribution is 0.0594. The number of ether oxygens (including phenoxy) is 1. The number of nitrogens with zero attached hydrogens (tertiary/aromatic N) is 2. The number of likely N-dealkylation sites (tertiary alicyclic amines) is 1. The molecule has 0 spiro atoms. The van der Waals surface area contributed by atoms with Crippen molar-refractivity contribution in [1.82, 2.24) is 15.1 Å². The van der Waals surface area contributed by atoms with Crippen molar-refractivity contribution in [2.75, 3.05) is 26.2 Å². The van der Waals surface area contributed by atoms with Gasteiger partial charge in [-0.15, -0.1) is 0 Å². The van der Waals surface area contributed by atoms with Crippen molar-refractivity contribution in [3.8, 4) is 5.75 Å². The van der Waals surface area contributed by atoms with Crippen molar-refractivity contribution in [3.63, 3.8) is 0 Å².